The molecule has 0 saturated heterocycles. The number of nitrogens with zero attached hydrogens (tertiary/aromatic N) is 1. The molecule has 29 heavy (non-hydrogen) atoms. The molecule has 2 N–H and O–H groups in total. The first-order chi connectivity index (χ1) is 13.9. The van der Waals surface area contributed by atoms with Crippen LogP contribution in [0, 0.1) is 20.8 Å². The number of anilines is 1. The van der Waals surface area contributed by atoms with E-state index in [-0.39, 0.29) is 12.4 Å². The van der Waals surface area contributed by atoms with E-state index in [0.29, 0.717) is 21.8 Å². The average molecular weight is 405 g/mol. The maximum Gasteiger partial charge on any atom is 0.238 e. The van der Waals surface area contributed by atoms with Crippen LogP contribution < -0.4 is 15.0 Å². The molecule has 1 aromatic heterocycles. The van der Waals surface area contributed by atoms with Gasteiger partial charge in [0.05, 0.1) is 6.61 Å². The molecule has 0 aliphatic carbocycles. The minimum atomic E-state index is -0.182. The van der Waals surface area contributed by atoms with Crippen LogP contribution in [0.1, 0.15) is 27.8 Å². The zero-order valence-electron chi connectivity index (χ0n) is 16.8. The van der Waals surface area contributed by atoms with Gasteiger partial charge in [-0.05, 0) is 67.0 Å². The number of benzene rings is 2. The number of thiocarbonyl (C=S) groups is 1. The Hall–Kier alpha value is -3.02. The summed E-state index contributed by atoms with van der Waals surface area (Å²) in [7, 11) is 0. The fraction of sp³-hybridized carbons (Fsp3) is 0.167. The van der Waals surface area contributed by atoms with Gasteiger partial charge in [0.2, 0.25) is 5.70 Å². The van der Waals surface area contributed by atoms with Crippen molar-refractivity contribution in [2.24, 2.45) is 0 Å². The minimum Gasteiger partial charge on any atom is -0.867 e. The second kappa shape index (κ2) is 8.99. The SMILES string of the molecule is Cc1cccc(NC(=S)C(=C([O-])c2ccc(C)c(C)c2)[n+]2cccc(CO)c2)c1. The molecule has 3 aromatic rings. The van der Waals surface area contributed by atoms with Crippen LogP contribution in [0.3, 0.4) is 0 Å². The molecule has 0 atom stereocenters. The lowest BCUT2D eigenvalue weighted by atomic mass is 10.0. The van der Waals surface area contributed by atoms with E-state index in [1.165, 1.54) is 0 Å². The van der Waals surface area contributed by atoms with Crippen LogP contribution in [0.15, 0.2) is 67.0 Å². The summed E-state index contributed by atoms with van der Waals surface area (Å²) in [5.41, 5.74) is 5.67. The second-order valence-corrected chi connectivity index (χ2v) is 7.49. The molecule has 0 saturated carbocycles. The first kappa shape index (κ1) is 20.7. The van der Waals surface area contributed by atoms with E-state index in [9.17, 15) is 10.2 Å². The van der Waals surface area contributed by atoms with Gasteiger partial charge in [-0.2, -0.15) is 4.57 Å². The van der Waals surface area contributed by atoms with Crippen molar-refractivity contribution in [1.82, 2.24) is 0 Å². The van der Waals surface area contributed by atoms with E-state index in [4.69, 9.17) is 12.2 Å². The van der Waals surface area contributed by atoms with E-state index in [1.807, 2.05) is 63.2 Å². The molecule has 5 heteroatoms. The Morgan fingerprint density at radius 2 is 1.83 bits per heavy atom. The number of aliphatic hydroxyl groups is 1. The summed E-state index contributed by atoms with van der Waals surface area (Å²) in [4.78, 5) is 0.318. The molecule has 2 aromatic carbocycles. The van der Waals surface area contributed by atoms with Gasteiger partial charge in [-0.1, -0.05) is 42.5 Å². The highest BCUT2D eigenvalue weighted by molar-refractivity contribution is 7.81. The molecule has 4 nitrogen and oxygen atoms in total. The molecular weight excluding hydrogens is 380 g/mol. The molecule has 148 valence electrons. The van der Waals surface area contributed by atoms with Gasteiger partial charge < -0.3 is 15.5 Å². The lowest BCUT2D eigenvalue weighted by Crippen LogP contribution is -2.40. The molecule has 0 radical (unpaired) electrons. The molecule has 0 aliphatic heterocycles. The maximum absolute atomic E-state index is 13.5. The summed E-state index contributed by atoms with van der Waals surface area (Å²) < 4.78 is 1.67. The number of pyridine rings is 1. The van der Waals surface area contributed by atoms with Gasteiger partial charge >= 0.3 is 0 Å². The van der Waals surface area contributed by atoms with E-state index in [1.54, 1.807) is 29.1 Å². The number of hydrogen-bond donors (Lipinski definition) is 2. The molecule has 0 unspecified atom stereocenters. The number of aryl methyl sites for hydroxylation is 3. The van der Waals surface area contributed by atoms with E-state index in [0.717, 1.165) is 22.4 Å². The van der Waals surface area contributed by atoms with Gasteiger partial charge in [0.25, 0.3) is 0 Å². The number of aliphatic hydroxyl groups excluding tert-OH is 1. The van der Waals surface area contributed by atoms with Gasteiger partial charge in [0.1, 0.15) is 0 Å². The van der Waals surface area contributed by atoms with Crippen LogP contribution in [0.2, 0.25) is 0 Å². The summed E-state index contributed by atoms with van der Waals surface area (Å²) >= 11 is 5.64. The van der Waals surface area contributed by atoms with Crippen molar-refractivity contribution in [3.8, 4) is 0 Å². The van der Waals surface area contributed by atoms with Crippen LogP contribution in [0.25, 0.3) is 11.5 Å². The number of aromatic nitrogens is 1. The summed E-state index contributed by atoms with van der Waals surface area (Å²) in [5.74, 6) is -0.182. The zero-order valence-corrected chi connectivity index (χ0v) is 17.6. The monoisotopic (exact) mass is 404 g/mol. The Kier molecular flexibility index (Phi) is 6.42. The predicted octanol–water partition coefficient (Wildman–Crippen LogP) is 3.52. The Morgan fingerprint density at radius 1 is 1.03 bits per heavy atom. The fourth-order valence-electron chi connectivity index (χ4n) is 3.03. The Balaban J connectivity index is 2.12. The first-order valence-corrected chi connectivity index (χ1v) is 9.78. The van der Waals surface area contributed by atoms with Crippen LogP contribution >= 0.6 is 12.2 Å². The predicted molar refractivity (Wildman–Crippen MR) is 119 cm³/mol. The van der Waals surface area contributed by atoms with Crippen molar-refractivity contribution in [3.63, 3.8) is 0 Å². The number of rotatable bonds is 5. The van der Waals surface area contributed by atoms with E-state index in [2.05, 4.69) is 5.32 Å². The van der Waals surface area contributed by atoms with Gasteiger partial charge in [-0.15, -0.1) is 0 Å². The summed E-state index contributed by atoms with van der Waals surface area (Å²) in [6.45, 7) is 5.87. The van der Waals surface area contributed by atoms with Gasteiger partial charge in [-0.3, -0.25) is 0 Å². The molecule has 0 amide bonds. The molecule has 0 spiro atoms. The number of nitrogens with one attached hydrogen (secondary N) is 1. The lowest BCUT2D eigenvalue weighted by molar-refractivity contribution is -0.578. The maximum atomic E-state index is 13.5. The smallest absolute Gasteiger partial charge is 0.238 e. The largest absolute Gasteiger partial charge is 0.867 e. The van der Waals surface area contributed by atoms with Crippen LogP contribution in [-0.4, -0.2) is 10.1 Å². The number of hydrogen-bond acceptors (Lipinski definition) is 3. The van der Waals surface area contributed by atoms with E-state index < -0.39 is 0 Å². The van der Waals surface area contributed by atoms with Crippen molar-refractivity contribution < 1.29 is 14.8 Å². The highest BCUT2D eigenvalue weighted by Crippen LogP contribution is 2.20. The highest BCUT2D eigenvalue weighted by Gasteiger charge is 2.20. The van der Waals surface area contributed by atoms with Crippen LogP contribution in [0.5, 0.6) is 0 Å². The molecule has 0 bridgehead atoms. The molecule has 0 aliphatic rings. The van der Waals surface area contributed by atoms with E-state index >= 15 is 0 Å². The topological polar surface area (TPSA) is 59.2 Å². The Labute approximate surface area is 176 Å². The van der Waals surface area contributed by atoms with Gasteiger partial charge in [0.15, 0.2) is 17.4 Å². The van der Waals surface area contributed by atoms with Crippen molar-refractivity contribution in [2.75, 3.05) is 5.32 Å². The molecule has 1 heterocycles. The van der Waals surface area contributed by atoms with Crippen molar-refractivity contribution in [3.05, 3.63) is 94.8 Å². The first-order valence-electron chi connectivity index (χ1n) is 9.37. The molecule has 0 fully saturated rings. The quantitative estimate of drug-likeness (QED) is 0.296. The summed E-state index contributed by atoms with van der Waals surface area (Å²) in [6.07, 6.45) is 3.48. The summed E-state index contributed by atoms with van der Waals surface area (Å²) in [6, 6.07) is 17.0. The second-order valence-electron chi connectivity index (χ2n) is 7.08. The van der Waals surface area contributed by atoms with Gasteiger partial charge in [0, 0.05) is 17.3 Å². The van der Waals surface area contributed by atoms with Crippen LogP contribution in [0.4, 0.5) is 5.69 Å². The van der Waals surface area contributed by atoms with Crippen molar-refractivity contribution in [2.45, 2.75) is 27.4 Å². The highest BCUT2D eigenvalue weighted by atomic mass is 32.1. The lowest BCUT2D eigenvalue weighted by Gasteiger charge is -2.18. The normalized spacial score (nSPS) is 11.7. The third-order valence-electron chi connectivity index (χ3n) is 4.78. The zero-order chi connectivity index (χ0) is 21.0. The third-order valence-corrected chi connectivity index (χ3v) is 5.07. The average Bonchev–Trinajstić information content (AvgIpc) is 2.70. The molecule has 3 rings (SSSR count). The fourth-order valence-corrected chi connectivity index (χ4v) is 3.34. The van der Waals surface area contributed by atoms with Crippen molar-refractivity contribution in [1.29, 1.82) is 0 Å². The standard InChI is InChI=1S/C24H24N2O2S/c1-16-6-4-8-21(12-16)25-24(29)22(26-11-5-7-19(14-26)15-27)23(28)20-10-9-17(2)18(3)13-20/h4-14,27H,15H2,1-3H3,(H-,25,28,29). The molecular formula is C24H24N2O2S. The van der Waals surface area contributed by atoms with Crippen LogP contribution in [-0.2, 0) is 6.61 Å². The Bertz CT molecular complexity index is 1090. The van der Waals surface area contributed by atoms with Crippen molar-refractivity contribution >= 4 is 34.3 Å². The minimum absolute atomic E-state index is 0.121. The van der Waals surface area contributed by atoms with Gasteiger partial charge in [-0.25, -0.2) is 0 Å². The summed E-state index contributed by atoms with van der Waals surface area (Å²) in [5, 5.41) is 26.2. The third kappa shape index (κ3) is 4.88. The Morgan fingerprint density at radius 3 is 2.52 bits per heavy atom.